The van der Waals surface area contributed by atoms with Crippen LogP contribution in [0.15, 0.2) is 48.7 Å². The molecule has 0 amide bonds. The SMILES string of the molecule is C=CC1=C(C)C=CN(C)C1C=C. The topological polar surface area (TPSA) is 3.24 Å². The van der Waals surface area contributed by atoms with Crippen molar-refractivity contribution in [3.05, 3.63) is 48.7 Å². The van der Waals surface area contributed by atoms with Gasteiger partial charge in [0.25, 0.3) is 0 Å². The third-order valence-electron chi connectivity index (χ3n) is 2.22. The summed E-state index contributed by atoms with van der Waals surface area (Å²) in [7, 11) is 2.04. The summed E-state index contributed by atoms with van der Waals surface area (Å²) in [5.74, 6) is 0. The smallest absolute Gasteiger partial charge is 0.0717 e. The minimum Gasteiger partial charge on any atom is -0.370 e. The zero-order valence-electron chi connectivity index (χ0n) is 7.75. The summed E-state index contributed by atoms with van der Waals surface area (Å²) in [6.45, 7) is 9.71. The maximum atomic E-state index is 3.81. The Bertz CT molecular complexity index is 258. The summed E-state index contributed by atoms with van der Waals surface area (Å²) in [5.41, 5.74) is 2.52. The van der Waals surface area contributed by atoms with E-state index in [2.05, 4.69) is 37.3 Å². The molecule has 0 saturated carbocycles. The number of rotatable bonds is 2. The van der Waals surface area contributed by atoms with Crippen molar-refractivity contribution < 1.29 is 0 Å². The fourth-order valence-corrected chi connectivity index (χ4v) is 1.45. The highest BCUT2D eigenvalue weighted by atomic mass is 15.1. The third-order valence-corrected chi connectivity index (χ3v) is 2.22. The van der Waals surface area contributed by atoms with E-state index < -0.39 is 0 Å². The number of hydrogen-bond donors (Lipinski definition) is 0. The van der Waals surface area contributed by atoms with Crippen LogP contribution in [-0.2, 0) is 0 Å². The van der Waals surface area contributed by atoms with Crippen LogP contribution in [0.25, 0.3) is 0 Å². The van der Waals surface area contributed by atoms with Crippen LogP contribution < -0.4 is 0 Å². The largest absolute Gasteiger partial charge is 0.370 e. The highest BCUT2D eigenvalue weighted by molar-refractivity contribution is 5.40. The molecule has 1 nitrogen and oxygen atoms in total. The molecule has 0 N–H and O–H groups in total. The zero-order valence-corrected chi connectivity index (χ0v) is 7.75. The van der Waals surface area contributed by atoms with Gasteiger partial charge in [0.1, 0.15) is 0 Å². The maximum Gasteiger partial charge on any atom is 0.0717 e. The zero-order chi connectivity index (χ0) is 9.14. The van der Waals surface area contributed by atoms with Crippen molar-refractivity contribution >= 4 is 0 Å². The minimum absolute atomic E-state index is 0.285. The Morgan fingerprint density at radius 2 is 2.17 bits per heavy atom. The standard InChI is InChI=1S/C11H15N/c1-5-10-9(3)7-8-12(4)11(10)6-2/h5-8,11H,1-2H2,3-4H3. The van der Waals surface area contributed by atoms with Gasteiger partial charge in [-0.3, -0.25) is 0 Å². The second kappa shape index (κ2) is 3.44. The fourth-order valence-electron chi connectivity index (χ4n) is 1.45. The first-order chi connectivity index (χ1) is 5.70. The highest BCUT2D eigenvalue weighted by Gasteiger charge is 2.15. The molecule has 0 aromatic heterocycles. The van der Waals surface area contributed by atoms with Crippen LogP contribution in [0, 0.1) is 0 Å². The summed E-state index contributed by atoms with van der Waals surface area (Å²) in [6, 6.07) is 0.285. The third kappa shape index (κ3) is 1.35. The predicted octanol–water partition coefficient (Wildman–Crippen LogP) is 2.50. The lowest BCUT2D eigenvalue weighted by molar-refractivity contribution is 0.421. The van der Waals surface area contributed by atoms with E-state index in [0.29, 0.717) is 0 Å². The van der Waals surface area contributed by atoms with Crippen LogP contribution in [-0.4, -0.2) is 18.0 Å². The first-order valence-corrected chi connectivity index (χ1v) is 4.06. The summed E-state index contributed by atoms with van der Waals surface area (Å²) in [4.78, 5) is 2.12. The summed E-state index contributed by atoms with van der Waals surface area (Å²) in [6.07, 6.45) is 8.00. The van der Waals surface area contributed by atoms with Crippen molar-refractivity contribution in [3.8, 4) is 0 Å². The van der Waals surface area contributed by atoms with Gasteiger partial charge in [-0.1, -0.05) is 18.7 Å². The van der Waals surface area contributed by atoms with Crippen LogP contribution >= 0.6 is 0 Å². The Morgan fingerprint density at radius 1 is 1.50 bits per heavy atom. The second-order valence-electron chi connectivity index (χ2n) is 3.00. The molecule has 1 aliphatic rings. The van der Waals surface area contributed by atoms with Gasteiger partial charge in [0.05, 0.1) is 6.04 Å². The van der Waals surface area contributed by atoms with Crippen molar-refractivity contribution in [1.82, 2.24) is 4.90 Å². The van der Waals surface area contributed by atoms with Gasteiger partial charge in [0, 0.05) is 7.05 Å². The molecule has 1 aliphatic heterocycles. The Morgan fingerprint density at radius 3 is 2.58 bits per heavy atom. The number of allylic oxidation sites excluding steroid dienone is 2. The van der Waals surface area contributed by atoms with Crippen LogP contribution in [0.5, 0.6) is 0 Å². The molecule has 0 spiro atoms. The predicted molar refractivity (Wildman–Crippen MR) is 53.8 cm³/mol. The highest BCUT2D eigenvalue weighted by Crippen LogP contribution is 2.21. The minimum atomic E-state index is 0.285. The first kappa shape index (κ1) is 8.85. The van der Waals surface area contributed by atoms with Gasteiger partial charge in [-0.05, 0) is 30.3 Å². The molecule has 0 fully saturated rings. The van der Waals surface area contributed by atoms with E-state index in [9.17, 15) is 0 Å². The van der Waals surface area contributed by atoms with Gasteiger partial charge in [-0.2, -0.15) is 0 Å². The lowest BCUT2D eigenvalue weighted by Gasteiger charge is -2.29. The Kier molecular flexibility index (Phi) is 2.54. The number of hydrogen-bond acceptors (Lipinski definition) is 1. The van der Waals surface area contributed by atoms with Gasteiger partial charge in [0.15, 0.2) is 0 Å². The van der Waals surface area contributed by atoms with Crippen LogP contribution in [0.1, 0.15) is 6.92 Å². The van der Waals surface area contributed by atoms with Gasteiger partial charge in [-0.25, -0.2) is 0 Å². The molecule has 0 aliphatic carbocycles. The Labute approximate surface area is 74.4 Å². The quantitative estimate of drug-likeness (QED) is 0.562. The Hall–Kier alpha value is -1.24. The lowest BCUT2D eigenvalue weighted by Crippen LogP contribution is -2.29. The molecule has 64 valence electrons. The van der Waals surface area contributed by atoms with Crippen molar-refractivity contribution in [2.75, 3.05) is 7.05 Å². The number of likely N-dealkylation sites (N-methyl/N-ethyl adjacent to an activating group) is 1. The van der Waals surface area contributed by atoms with Crippen molar-refractivity contribution in [2.45, 2.75) is 13.0 Å². The monoisotopic (exact) mass is 161 g/mol. The van der Waals surface area contributed by atoms with E-state index in [1.54, 1.807) is 0 Å². The lowest BCUT2D eigenvalue weighted by atomic mass is 9.98. The molecule has 1 rings (SSSR count). The van der Waals surface area contributed by atoms with E-state index in [1.165, 1.54) is 11.1 Å². The summed E-state index contributed by atoms with van der Waals surface area (Å²) >= 11 is 0. The van der Waals surface area contributed by atoms with E-state index in [-0.39, 0.29) is 6.04 Å². The fraction of sp³-hybridized carbons (Fsp3) is 0.273. The average molecular weight is 161 g/mol. The molecule has 12 heavy (non-hydrogen) atoms. The van der Waals surface area contributed by atoms with E-state index >= 15 is 0 Å². The molecule has 0 aromatic rings. The molecule has 0 radical (unpaired) electrons. The van der Waals surface area contributed by atoms with Crippen molar-refractivity contribution in [2.24, 2.45) is 0 Å². The van der Waals surface area contributed by atoms with E-state index in [0.717, 1.165) is 0 Å². The molecule has 1 heteroatoms. The van der Waals surface area contributed by atoms with Gasteiger partial charge >= 0.3 is 0 Å². The van der Waals surface area contributed by atoms with Crippen LogP contribution in [0.4, 0.5) is 0 Å². The summed E-state index contributed by atoms with van der Waals surface area (Å²) in [5, 5.41) is 0. The van der Waals surface area contributed by atoms with Crippen molar-refractivity contribution in [3.63, 3.8) is 0 Å². The molecular weight excluding hydrogens is 146 g/mol. The van der Waals surface area contributed by atoms with Gasteiger partial charge in [0.2, 0.25) is 0 Å². The summed E-state index contributed by atoms with van der Waals surface area (Å²) < 4.78 is 0. The van der Waals surface area contributed by atoms with Crippen molar-refractivity contribution in [1.29, 1.82) is 0 Å². The average Bonchev–Trinajstić information content (AvgIpc) is 2.08. The molecule has 0 aromatic carbocycles. The Balaban J connectivity index is 3.06. The number of nitrogens with zero attached hydrogens (tertiary/aromatic N) is 1. The normalized spacial score (nSPS) is 22.8. The molecular formula is C11H15N. The van der Waals surface area contributed by atoms with E-state index in [4.69, 9.17) is 0 Å². The first-order valence-electron chi connectivity index (χ1n) is 4.06. The van der Waals surface area contributed by atoms with Gasteiger partial charge in [-0.15, -0.1) is 6.58 Å². The van der Waals surface area contributed by atoms with E-state index in [1.807, 2.05) is 19.2 Å². The molecule has 1 heterocycles. The van der Waals surface area contributed by atoms with Gasteiger partial charge < -0.3 is 4.90 Å². The molecule has 0 saturated heterocycles. The molecule has 1 atom stereocenters. The maximum absolute atomic E-state index is 3.81. The van der Waals surface area contributed by atoms with Crippen LogP contribution in [0.3, 0.4) is 0 Å². The second-order valence-corrected chi connectivity index (χ2v) is 3.00. The van der Waals surface area contributed by atoms with Crippen LogP contribution in [0.2, 0.25) is 0 Å². The molecule has 1 unspecified atom stereocenters. The molecule has 0 bridgehead atoms.